The van der Waals surface area contributed by atoms with Crippen molar-refractivity contribution in [1.82, 2.24) is 25.5 Å². The molecule has 1 aliphatic carbocycles. The molecule has 7 heteroatoms. The van der Waals surface area contributed by atoms with Gasteiger partial charge < -0.3 is 10.3 Å². The van der Waals surface area contributed by atoms with Crippen molar-refractivity contribution >= 4 is 21.6 Å². The van der Waals surface area contributed by atoms with Crippen LogP contribution >= 0.6 is 11.3 Å². The van der Waals surface area contributed by atoms with E-state index in [9.17, 15) is 4.79 Å². The highest BCUT2D eigenvalue weighted by Crippen LogP contribution is 2.37. The van der Waals surface area contributed by atoms with E-state index in [2.05, 4.69) is 34.3 Å². The van der Waals surface area contributed by atoms with Gasteiger partial charge in [0, 0.05) is 21.7 Å². The van der Waals surface area contributed by atoms with E-state index in [0.29, 0.717) is 4.70 Å². The maximum Gasteiger partial charge on any atom is 0.268 e. The van der Waals surface area contributed by atoms with Gasteiger partial charge in [0.25, 0.3) is 5.56 Å². The van der Waals surface area contributed by atoms with Gasteiger partial charge in [0.2, 0.25) is 0 Å². The van der Waals surface area contributed by atoms with Crippen molar-refractivity contribution in [3.8, 4) is 10.4 Å². The molecule has 3 N–H and O–H groups in total. The molecular weight excluding hydrogens is 322 g/mol. The molecule has 0 saturated heterocycles. The van der Waals surface area contributed by atoms with Gasteiger partial charge in [-0.15, -0.1) is 11.3 Å². The second-order valence-corrected chi connectivity index (χ2v) is 7.90. The van der Waals surface area contributed by atoms with Crippen molar-refractivity contribution in [2.24, 2.45) is 0 Å². The lowest BCUT2D eigenvalue weighted by Gasteiger charge is -2.20. The van der Waals surface area contributed by atoms with Gasteiger partial charge in [-0.05, 0) is 39.2 Å². The number of nitrogens with zero attached hydrogens (tertiary/aromatic N) is 2. The van der Waals surface area contributed by atoms with Gasteiger partial charge in [0.1, 0.15) is 10.5 Å². The Kier molecular flexibility index (Phi) is 3.58. The highest BCUT2D eigenvalue weighted by atomic mass is 32.1. The van der Waals surface area contributed by atoms with Crippen LogP contribution in [-0.2, 0) is 0 Å². The summed E-state index contributed by atoms with van der Waals surface area (Å²) in [5.41, 5.74) is 2.91. The molecule has 6 nitrogen and oxygen atoms in total. The van der Waals surface area contributed by atoms with Crippen molar-refractivity contribution in [3.05, 3.63) is 34.1 Å². The number of rotatable bonds is 5. The minimum atomic E-state index is -0.0615. The number of hydrogen-bond acceptors (Lipinski definition) is 5. The largest absolute Gasteiger partial charge is 0.308 e. The average Bonchev–Trinajstić information content (AvgIpc) is 2.96. The summed E-state index contributed by atoms with van der Waals surface area (Å²) >= 11 is 1.46. The third-order valence-electron chi connectivity index (χ3n) is 4.76. The Morgan fingerprint density at radius 2 is 2.25 bits per heavy atom. The Balaban J connectivity index is 1.76. The van der Waals surface area contributed by atoms with Crippen LogP contribution in [-0.4, -0.2) is 25.7 Å². The van der Waals surface area contributed by atoms with Gasteiger partial charge >= 0.3 is 0 Å². The fraction of sp³-hybridized carbons (Fsp3) is 0.471. The Bertz CT molecular complexity index is 949. The van der Waals surface area contributed by atoms with E-state index >= 15 is 0 Å². The molecule has 126 valence electrons. The highest BCUT2D eigenvalue weighted by Gasteiger charge is 2.39. The van der Waals surface area contributed by atoms with Crippen molar-refractivity contribution in [2.45, 2.75) is 51.6 Å². The lowest BCUT2D eigenvalue weighted by molar-refractivity contribution is 0.418. The minimum absolute atomic E-state index is 0.0615. The number of aromatic amines is 2. The van der Waals surface area contributed by atoms with Crippen molar-refractivity contribution in [2.75, 3.05) is 0 Å². The Morgan fingerprint density at radius 1 is 1.46 bits per heavy atom. The van der Waals surface area contributed by atoms with Crippen LogP contribution < -0.4 is 10.9 Å². The lowest BCUT2D eigenvalue weighted by Crippen LogP contribution is -2.33. The summed E-state index contributed by atoms with van der Waals surface area (Å²) < 4.78 is 0.668. The first-order chi connectivity index (χ1) is 11.5. The fourth-order valence-corrected chi connectivity index (χ4v) is 4.03. The minimum Gasteiger partial charge on any atom is -0.308 e. The standard InChI is InChI=1S/C17H21N5OS/c1-4-11(21-17(3)5-6-17)15-19-12-7-13(10-8-18-22-9(10)2)24-14(12)16(23)20-15/h7-8,11,21H,4-6H2,1-3H3,(H,18,22)(H,19,20,23). The summed E-state index contributed by atoms with van der Waals surface area (Å²) in [6.45, 7) is 6.31. The van der Waals surface area contributed by atoms with Crippen LogP contribution in [0.1, 0.15) is 50.7 Å². The second kappa shape index (κ2) is 5.53. The van der Waals surface area contributed by atoms with Gasteiger partial charge in [-0.1, -0.05) is 6.92 Å². The molecule has 0 amide bonds. The van der Waals surface area contributed by atoms with Crippen molar-refractivity contribution in [1.29, 1.82) is 0 Å². The van der Waals surface area contributed by atoms with Gasteiger partial charge in [-0.3, -0.25) is 9.89 Å². The Morgan fingerprint density at radius 3 is 2.88 bits per heavy atom. The molecule has 0 radical (unpaired) electrons. The number of hydrogen-bond donors (Lipinski definition) is 3. The second-order valence-electron chi connectivity index (χ2n) is 6.85. The number of H-pyrrole nitrogens is 2. The van der Waals surface area contributed by atoms with Crippen LogP contribution in [0.3, 0.4) is 0 Å². The molecular formula is C17H21N5OS. The van der Waals surface area contributed by atoms with Crippen LogP contribution in [0.4, 0.5) is 0 Å². The summed E-state index contributed by atoms with van der Waals surface area (Å²) in [6.07, 6.45) is 5.04. The highest BCUT2D eigenvalue weighted by molar-refractivity contribution is 7.22. The topological polar surface area (TPSA) is 86.5 Å². The smallest absolute Gasteiger partial charge is 0.268 e. The molecule has 1 saturated carbocycles. The third kappa shape index (κ3) is 2.67. The van der Waals surface area contributed by atoms with Crippen LogP contribution in [0, 0.1) is 6.92 Å². The maximum absolute atomic E-state index is 12.5. The van der Waals surface area contributed by atoms with E-state index in [0.717, 1.165) is 33.9 Å². The molecule has 4 rings (SSSR count). The SMILES string of the molecule is CCC(NC1(C)CC1)c1nc2cc(-c3cn[nH]c3C)sc2c(=O)[nH]1. The monoisotopic (exact) mass is 343 g/mol. The van der Waals surface area contributed by atoms with Gasteiger partial charge in [0.05, 0.1) is 17.8 Å². The van der Waals surface area contributed by atoms with Gasteiger partial charge in [-0.2, -0.15) is 5.10 Å². The molecule has 3 aromatic heterocycles. The number of aryl methyl sites for hydroxylation is 1. The molecule has 0 spiro atoms. The van der Waals surface area contributed by atoms with Gasteiger partial charge in [0.15, 0.2) is 0 Å². The molecule has 0 bridgehead atoms. The number of aromatic nitrogens is 4. The molecule has 3 heterocycles. The van der Waals surface area contributed by atoms with E-state index in [1.165, 1.54) is 24.2 Å². The molecule has 1 aliphatic rings. The summed E-state index contributed by atoms with van der Waals surface area (Å²) in [4.78, 5) is 21.3. The van der Waals surface area contributed by atoms with E-state index in [-0.39, 0.29) is 17.1 Å². The number of fused-ring (bicyclic) bond motifs is 1. The van der Waals surface area contributed by atoms with E-state index in [1.807, 2.05) is 13.0 Å². The molecule has 24 heavy (non-hydrogen) atoms. The molecule has 3 aromatic rings. The van der Waals surface area contributed by atoms with Crippen LogP contribution in [0.5, 0.6) is 0 Å². The Labute approximate surface area is 143 Å². The summed E-state index contributed by atoms with van der Waals surface area (Å²) in [6, 6.07) is 2.07. The zero-order chi connectivity index (χ0) is 16.9. The zero-order valence-corrected chi connectivity index (χ0v) is 14.9. The lowest BCUT2D eigenvalue weighted by atomic mass is 10.1. The molecule has 1 fully saturated rings. The Hall–Kier alpha value is -1.99. The van der Waals surface area contributed by atoms with E-state index < -0.39 is 0 Å². The molecule has 0 aliphatic heterocycles. The number of nitrogens with one attached hydrogen (secondary N) is 3. The molecule has 1 atom stereocenters. The maximum atomic E-state index is 12.5. The van der Waals surface area contributed by atoms with Crippen molar-refractivity contribution < 1.29 is 0 Å². The van der Waals surface area contributed by atoms with E-state index in [1.54, 1.807) is 6.20 Å². The average molecular weight is 343 g/mol. The van der Waals surface area contributed by atoms with E-state index in [4.69, 9.17) is 4.98 Å². The first-order valence-electron chi connectivity index (χ1n) is 8.31. The first-order valence-corrected chi connectivity index (χ1v) is 9.12. The first kappa shape index (κ1) is 15.5. The summed E-state index contributed by atoms with van der Waals surface area (Å²) in [5, 5.41) is 10.6. The normalized spacial score (nSPS) is 17.3. The van der Waals surface area contributed by atoms with Crippen LogP contribution in [0.25, 0.3) is 20.7 Å². The zero-order valence-electron chi connectivity index (χ0n) is 14.1. The predicted molar refractivity (Wildman–Crippen MR) is 96.4 cm³/mol. The summed E-state index contributed by atoms with van der Waals surface area (Å²) in [5.74, 6) is 0.733. The third-order valence-corrected chi connectivity index (χ3v) is 5.91. The predicted octanol–water partition coefficient (Wildman–Crippen LogP) is 3.28. The van der Waals surface area contributed by atoms with Crippen LogP contribution in [0.2, 0.25) is 0 Å². The van der Waals surface area contributed by atoms with Gasteiger partial charge in [-0.25, -0.2) is 4.98 Å². The van der Waals surface area contributed by atoms with Crippen LogP contribution in [0.15, 0.2) is 17.1 Å². The fourth-order valence-electron chi connectivity index (χ4n) is 2.97. The summed E-state index contributed by atoms with van der Waals surface area (Å²) in [7, 11) is 0. The van der Waals surface area contributed by atoms with Crippen molar-refractivity contribution in [3.63, 3.8) is 0 Å². The quantitative estimate of drug-likeness (QED) is 0.663. The molecule has 0 aromatic carbocycles. The number of thiophene rings is 1. The molecule has 1 unspecified atom stereocenters.